The second kappa shape index (κ2) is 10.1. The molecule has 1 atom stereocenters. The van der Waals surface area contributed by atoms with Crippen molar-refractivity contribution in [2.75, 3.05) is 6.26 Å². The van der Waals surface area contributed by atoms with Gasteiger partial charge in [-0.2, -0.15) is 26.3 Å². The third-order valence-corrected chi connectivity index (χ3v) is 14.3. The van der Waals surface area contributed by atoms with Gasteiger partial charge in [0.15, 0.2) is 0 Å². The molecule has 0 amide bonds. The number of benzene rings is 3. The van der Waals surface area contributed by atoms with E-state index in [-0.39, 0.29) is 11.3 Å². The highest BCUT2D eigenvalue weighted by Gasteiger charge is 2.65. The lowest BCUT2D eigenvalue weighted by atomic mass is 10.1. The molecule has 3 aromatic rings. The topological polar surface area (TPSA) is 97.8 Å². The van der Waals surface area contributed by atoms with Crippen molar-refractivity contribution in [2.45, 2.75) is 28.6 Å². The van der Waals surface area contributed by atoms with Gasteiger partial charge in [0.25, 0.3) is 0 Å². The van der Waals surface area contributed by atoms with Gasteiger partial charge in [-0.15, -0.1) is 10.2 Å². The lowest BCUT2D eigenvalue weighted by Crippen LogP contribution is -2.50. The molecule has 0 aliphatic rings. The van der Waals surface area contributed by atoms with E-state index < -0.39 is 61.0 Å². The van der Waals surface area contributed by atoms with Crippen LogP contribution in [-0.4, -0.2) is 43.2 Å². The highest BCUT2D eigenvalue weighted by Crippen LogP contribution is 2.64. The zero-order valence-corrected chi connectivity index (χ0v) is 21.9. The minimum atomic E-state index is -7.11. The van der Waals surface area contributed by atoms with E-state index in [1.807, 2.05) is 0 Å². The van der Waals surface area contributed by atoms with Crippen molar-refractivity contribution in [1.82, 2.24) is 3.12 Å². The number of ether oxygens (including phenoxy) is 1. The van der Waals surface area contributed by atoms with Crippen LogP contribution in [0.3, 0.4) is 0 Å². The Labute approximate surface area is 215 Å². The number of carbonyl (C=O) groups excluding carboxylic acids is 1. The second-order valence-electron chi connectivity index (χ2n) is 7.95. The first kappa shape index (κ1) is 29.7. The van der Waals surface area contributed by atoms with E-state index in [0.29, 0.717) is 10.8 Å². The van der Waals surface area contributed by atoms with Crippen LogP contribution < -0.4 is 4.74 Å². The first-order chi connectivity index (χ1) is 17.3. The van der Waals surface area contributed by atoms with Crippen LogP contribution in [0.2, 0.25) is 0 Å². The molecule has 3 rings (SSSR count). The summed E-state index contributed by atoms with van der Waals surface area (Å²) in [6, 6.07) is 14.5. The van der Waals surface area contributed by atoms with E-state index in [1.54, 1.807) is 24.3 Å². The van der Waals surface area contributed by atoms with E-state index in [2.05, 4.69) is 0 Å². The number of sulfonamides is 2. The van der Waals surface area contributed by atoms with Gasteiger partial charge in [0.05, 0.1) is 0 Å². The second-order valence-corrected chi connectivity index (χ2v) is 15.4. The summed E-state index contributed by atoms with van der Waals surface area (Å²) >= 11 is 0. The molecule has 0 bridgehead atoms. The zero-order valence-electron chi connectivity index (χ0n) is 19.4. The number of nitrogens with zero attached hydrogens (tertiary/aromatic N) is 1. The minimum absolute atomic E-state index is 0.101. The molecule has 3 aromatic carbocycles. The number of rotatable bonds is 7. The van der Waals surface area contributed by atoms with Crippen LogP contribution in [0.1, 0.15) is 12.5 Å². The summed E-state index contributed by atoms with van der Waals surface area (Å²) in [5, 5.41) is 0.889. The van der Waals surface area contributed by atoms with Gasteiger partial charge in [-0.3, -0.25) is 4.79 Å². The molecule has 0 spiro atoms. The maximum absolute atomic E-state index is 13.7. The van der Waals surface area contributed by atoms with Crippen LogP contribution >= 0.6 is 10.2 Å². The molecule has 0 aliphatic carbocycles. The Balaban J connectivity index is 2.41. The number of halogens is 6. The first-order valence-electron chi connectivity index (χ1n) is 10.3. The molecule has 0 heterocycles. The highest BCUT2D eigenvalue weighted by atomic mass is 32.4. The lowest BCUT2D eigenvalue weighted by Gasteiger charge is -2.44. The Bertz CT molecular complexity index is 1520. The number of carbonyl (C=O) groups is 1. The maximum Gasteiger partial charge on any atom is 0.513 e. The van der Waals surface area contributed by atoms with Gasteiger partial charge < -0.3 is 4.74 Å². The summed E-state index contributed by atoms with van der Waals surface area (Å²) in [5.74, 6) is -1.78. The van der Waals surface area contributed by atoms with Gasteiger partial charge in [0.2, 0.25) is 0 Å². The van der Waals surface area contributed by atoms with Gasteiger partial charge in [-0.1, -0.05) is 42.5 Å². The van der Waals surface area contributed by atoms with Crippen LogP contribution in [0.25, 0.3) is 10.8 Å². The fraction of sp³-hybridized carbons (Fsp3) is 0.227. The van der Waals surface area contributed by atoms with Crippen molar-refractivity contribution in [1.29, 1.82) is 0 Å². The number of hydrogen-bond acceptors (Lipinski definition) is 6. The molecule has 0 radical (unpaired) electrons. The third-order valence-electron chi connectivity index (χ3n) is 5.22. The molecule has 0 aromatic heterocycles. The van der Waals surface area contributed by atoms with Gasteiger partial charge in [-0.05, 0) is 50.0 Å². The normalized spacial score (nSPS) is 15.7. The van der Waals surface area contributed by atoms with Crippen molar-refractivity contribution in [3.05, 3.63) is 72.3 Å². The molecule has 7 nitrogen and oxygen atoms in total. The van der Waals surface area contributed by atoms with E-state index in [0.717, 1.165) is 37.4 Å². The Morgan fingerprint density at radius 2 is 1.29 bits per heavy atom. The molecule has 38 heavy (non-hydrogen) atoms. The van der Waals surface area contributed by atoms with Crippen LogP contribution in [0, 0.1) is 0 Å². The Kier molecular flexibility index (Phi) is 7.87. The third kappa shape index (κ3) is 5.48. The summed E-state index contributed by atoms with van der Waals surface area (Å²) in [5.41, 5.74) is -12.7. The van der Waals surface area contributed by atoms with E-state index in [4.69, 9.17) is 4.74 Å². The van der Waals surface area contributed by atoms with E-state index in [1.165, 1.54) is 18.2 Å². The molecule has 0 fully saturated rings. The number of esters is 1. The van der Waals surface area contributed by atoms with Crippen molar-refractivity contribution in [3.8, 4) is 5.75 Å². The fourth-order valence-electron chi connectivity index (χ4n) is 3.64. The summed E-state index contributed by atoms with van der Waals surface area (Å²) in [6.45, 7) is 1.04. The summed E-state index contributed by atoms with van der Waals surface area (Å²) < 4.78 is 136. The van der Waals surface area contributed by atoms with Gasteiger partial charge >= 0.3 is 37.0 Å². The number of alkyl halides is 6. The molecule has 208 valence electrons. The Morgan fingerprint density at radius 3 is 1.79 bits per heavy atom. The predicted octanol–water partition coefficient (Wildman–Crippen LogP) is 5.67. The molecule has 16 heteroatoms. The average molecular weight is 604 g/mol. The standard InChI is InChI=1S/C22H19F6NO6S3/c1-15(30)35-18-10-12-19(13-11-18)36(2,14-17-8-5-7-16-6-3-4-9-20(16)17)29(37(31,32)21(23,24)25)38(33,34)22(26,27)28/h3-13H,14H2,1-2H3. The fourth-order valence-corrected chi connectivity index (χ4v) is 12.3. The molecule has 0 saturated heterocycles. The monoisotopic (exact) mass is 603 g/mol. The van der Waals surface area contributed by atoms with Crippen molar-refractivity contribution in [3.63, 3.8) is 0 Å². The SMILES string of the molecule is CC(=O)Oc1ccc(S(C)(Cc2cccc3ccccc23)N(S(=O)(=O)C(F)(F)F)S(=O)(=O)C(F)(F)F)cc1. The predicted molar refractivity (Wildman–Crippen MR) is 129 cm³/mol. The Hall–Kier alpha value is -2.82. The van der Waals surface area contributed by atoms with Crippen molar-refractivity contribution >= 4 is 47.0 Å². The van der Waals surface area contributed by atoms with Crippen molar-refractivity contribution in [2.24, 2.45) is 0 Å². The number of fused-ring (bicyclic) bond motifs is 1. The van der Waals surface area contributed by atoms with Crippen LogP contribution in [0.15, 0.2) is 71.6 Å². The van der Waals surface area contributed by atoms with E-state index in [9.17, 15) is 48.0 Å². The van der Waals surface area contributed by atoms with E-state index >= 15 is 0 Å². The van der Waals surface area contributed by atoms with Gasteiger partial charge in [0.1, 0.15) is 5.75 Å². The van der Waals surface area contributed by atoms with Crippen LogP contribution in [0.5, 0.6) is 5.75 Å². The Morgan fingerprint density at radius 1 is 0.789 bits per heavy atom. The molecule has 0 aliphatic heterocycles. The summed E-state index contributed by atoms with van der Waals surface area (Å²) in [6.07, 6.45) is 0.724. The summed E-state index contributed by atoms with van der Waals surface area (Å²) in [4.78, 5) is 10.7. The van der Waals surface area contributed by atoms with Crippen LogP contribution in [-0.2, 0) is 30.6 Å². The van der Waals surface area contributed by atoms with Gasteiger partial charge in [0, 0.05) is 17.6 Å². The highest BCUT2D eigenvalue weighted by molar-refractivity contribution is 8.40. The minimum Gasteiger partial charge on any atom is -0.427 e. The smallest absolute Gasteiger partial charge is 0.427 e. The lowest BCUT2D eigenvalue weighted by molar-refractivity contribution is -0.131. The molecule has 0 N–H and O–H groups in total. The van der Waals surface area contributed by atoms with Gasteiger partial charge in [-0.25, -0.2) is 16.8 Å². The molecular formula is C22H19F6NO6S3. The quantitative estimate of drug-likeness (QED) is 0.196. The largest absolute Gasteiger partial charge is 0.513 e. The zero-order chi connectivity index (χ0) is 28.7. The first-order valence-corrected chi connectivity index (χ1v) is 15.3. The molecular weight excluding hydrogens is 584 g/mol. The average Bonchev–Trinajstić information content (AvgIpc) is 2.77. The molecule has 1 unspecified atom stereocenters. The van der Waals surface area contributed by atoms with Crippen molar-refractivity contribution < 1.29 is 52.7 Å². The number of hydrogen-bond donors (Lipinski definition) is 0. The molecule has 0 saturated carbocycles. The summed E-state index contributed by atoms with van der Waals surface area (Å²) in [7, 11) is -18.5. The maximum atomic E-state index is 13.7. The van der Waals surface area contributed by atoms with Crippen LogP contribution in [0.4, 0.5) is 26.3 Å².